The summed E-state index contributed by atoms with van der Waals surface area (Å²) < 4.78 is 15.9. The van der Waals surface area contributed by atoms with Gasteiger partial charge in [0.25, 0.3) is 0 Å². The number of anilines is 2. The smallest absolute Gasteiger partial charge is 0.321 e. The topological polar surface area (TPSA) is 52.9 Å². The Hall–Kier alpha value is -3.61. The third kappa shape index (κ3) is 3.22. The van der Waals surface area contributed by atoms with Crippen LogP contribution in [0.25, 0.3) is 16.6 Å². The molecule has 6 nitrogen and oxygen atoms in total. The first-order valence-electron chi connectivity index (χ1n) is 10.0. The zero-order valence-corrected chi connectivity index (χ0v) is 16.7. The normalized spacial score (nSPS) is 14.5. The second-order valence-electron chi connectivity index (χ2n) is 7.56. The molecule has 2 aromatic carbocycles. The van der Waals surface area contributed by atoms with E-state index in [0.717, 1.165) is 22.4 Å². The lowest BCUT2D eigenvalue weighted by Gasteiger charge is -2.35. The van der Waals surface area contributed by atoms with E-state index in [9.17, 15) is 9.18 Å². The summed E-state index contributed by atoms with van der Waals surface area (Å²) in [5, 5.41) is 2.79. The fraction of sp³-hybridized carbons (Fsp3) is 0.217. The van der Waals surface area contributed by atoms with Crippen LogP contribution in [0.3, 0.4) is 0 Å². The Morgan fingerprint density at radius 1 is 1.00 bits per heavy atom. The van der Waals surface area contributed by atoms with Crippen molar-refractivity contribution in [1.29, 1.82) is 0 Å². The summed E-state index contributed by atoms with van der Waals surface area (Å²) in [7, 11) is 0. The second kappa shape index (κ2) is 7.33. The Kier molecular flexibility index (Phi) is 4.50. The average molecular weight is 403 g/mol. The van der Waals surface area contributed by atoms with E-state index in [1.807, 2.05) is 30.5 Å². The van der Waals surface area contributed by atoms with Crippen molar-refractivity contribution in [2.45, 2.75) is 6.92 Å². The van der Waals surface area contributed by atoms with Crippen LogP contribution in [0.5, 0.6) is 0 Å². The van der Waals surface area contributed by atoms with Crippen molar-refractivity contribution in [3.63, 3.8) is 0 Å². The molecule has 1 fully saturated rings. The number of aryl methyl sites for hydroxylation is 1. The Morgan fingerprint density at radius 3 is 2.57 bits per heavy atom. The average Bonchev–Trinajstić information content (AvgIpc) is 3.26. The highest BCUT2D eigenvalue weighted by atomic mass is 19.1. The molecule has 1 aliphatic heterocycles. The van der Waals surface area contributed by atoms with Crippen molar-refractivity contribution in [1.82, 2.24) is 14.3 Å². The lowest BCUT2D eigenvalue weighted by molar-refractivity contribution is 0.208. The van der Waals surface area contributed by atoms with Gasteiger partial charge in [-0.25, -0.2) is 14.2 Å². The molecule has 1 saturated heterocycles. The monoisotopic (exact) mass is 403 g/mol. The Morgan fingerprint density at radius 2 is 1.77 bits per heavy atom. The zero-order chi connectivity index (χ0) is 20.7. The number of piperazine rings is 1. The third-order valence-electron chi connectivity index (χ3n) is 5.64. The number of rotatable bonds is 2. The van der Waals surface area contributed by atoms with Gasteiger partial charge in [-0.05, 0) is 48.9 Å². The number of nitrogens with zero attached hydrogens (tertiary/aromatic N) is 4. The standard InChI is InChI=1S/C23H22FN5O/c1-16-8-9-17(15-18(16)24)25-23(30)28-13-11-27(12-14-28)22-21-7-4-10-29(21)20-6-3-2-5-19(20)26-22/h2-10,15H,11-14H2,1H3,(H,25,30). The molecule has 0 saturated carbocycles. The zero-order valence-electron chi connectivity index (χ0n) is 16.7. The van der Waals surface area contributed by atoms with E-state index in [1.165, 1.54) is 6.07 Å². The van der Waals surface area contributed by atoms with Crippen LogP contribution in [0.2, 0.25) is 0 Å². The minimum Gasteiger partial charge on any atom is -0.351 e. The number of hydrogen-bond donors (Lipinski definition) is 1. The highest BCUT2D eigenvalue weighted by molar-refractivity contribution is 5.90. The first-order valence-corrected chi connectivity index (χ1v) is 10.0. The molecule has 0 spiro atoms. The van der Waals surface area contributed by atoms with E-state index in [1.54, 1.807) is 24.0 Å². The van der Waals surface area contributed by atoms with Crippen molar-refractivity contribution in [2.24, 2.45) is 0 Å². The van der Waals surface area contributed by atoms with Crippen LogP contribution in [0.15, 0.2) is 60.8 Å². The van der Waals surface area contributed by atoms with Gasteiger partial charge in [-0.2, -0.15) is 0 Å². The fourth-order valence-electron chi connectivity index (χ4n) is 3.93. The number of fused-ring (bicyclic) bond motifs is 3. The summed E-state index contributed by atoms with van der Waals surface area (Å²) in [4.78, 5) is 21.5. The molecule has 0 unspecified atom stereocenters. The van der Waals surface area contributed by atoms with Gasteiger partial charge in [0, 0.05) is 38.1 Å². The van der Waals surface area contributed by atoms with Crippen LogP contribution in [-0.4, -0.2) is 46.5 Å². The number of amides is 2. The Balaban J connectivity index is 1.32. The van der Waals surface area contributed by atoms with Crippen LogP contribution in [0.4, 0.5) is 20.7 Å². The molecule has 2 amide bonds. The van der Waals surface area contributed by atoms with E-state index in [-0.39, 0.29) is 11.8 Å². The van der Waals surface area contributed by atoms with Gasteiger partial charge in [0.1, 0.15) is 5.82 Å². The molecule has 5 rings (SSSR count). The minimum atomic E-state index is -0.323. The van der Waals surface area contributed by atoms with Crippen LogP contribution in [-0.2, 0) is 0 Å². The summed E-state index contributed by atoms with van der Waals surface area (Å²) in [6.45, 7) is 4.20. The highest BCUT2D eigenvalue weighted by Gasteiger charge is 2.24. The van der Waals surface area contributed by atoms with Gasteiger partial charge in [-0.15, -0.1) is 0 Å². The van der Waals surface area contributed by atoms with Gasteiger partial charge in [0.05, 0.1) is 16.6 Å². The number of para-hydroxylation sites is 2. The van der Waals surface area contributed by atoms with Crippen LogP contribution in [0, 0.1) is 12.7 Å². The van der Waals surface area contributed by atoms with Crippen LogP contribution < -0.4 is 10.2 Å². The van der Waals surface area contributed by atoms with Crippen molar-refractivity contribution in [2.75, 3.05) is 36.4 Å². The summed E-state index contributed by atoms with van der Waals surface area (Å²) in [5.74, 6) is 0.607. The summed E-state index contributed by atoms with van der Waals surface area (Å²) >= 11 is 0. The Bertz CT molecular complexity index is 1240. The number of urea groups is 1. The van der Waals surface area contributed by atoms with Crippen molar-refractivity contribution in [3.8, 4) is 0 Å². The Labute approximate surface area is 173 Å². The quantitative estimate of drug-likeness (QED) is 0.543. The van der Waals surface area contributed by atoms with Crippen molar-refractivity contribution < 1.29 is 9.18 Å². The summed E-state index contributed by atoms with van der Waals surface area (Å²) in [5.41, 5.74) is 4.10. The first-order chi connectivity index (χ1) is 14.6. The van der Waals surface area contributed by atoms with Gasteiger partial charge in [-0.3, -0.25) is 0 Å². The number of hydrogen-bond acceptors (Lipinski definition) is 3. The second-order valence-corrected chi connectivity index (χ2v) is 7.56. The molecule has 152 valence electrons. The molecule has 3 heterocycles. The highest BCUT2D eigenvalue weighted by Crippen LogP contribution is 2.26. The van der Waals surface area contributed by atoms with Gasteiger partial charge >= 0.3 is 6.03 Å². The molecular formula is C23H22FN5O. The summed E-state index contributed by atoms with van der Waals surface area (Å²) in [6, 6.07) is 16.7. The van der Waals surface area contributed by atoms with E-state index in [4.69, 9.17) is 4.98 Å². The maximum Gasteiger partial charge on any atom is 0.321 e. The molecular weight excluding hydrogens is 381 g/mol. The minimum absolute atomic E-state index is 0.211. The van der Waals surface area contributed by atoms with Crippen LogP contribution in [0.1, 0.15) is 5.56 Å². The van der Waals surface area contributed by atoms with Gasteiger partial charge < -0.3 is 19.5 Å². The van der Waals surface area contributed by atoms with Crippen molar-refractivity contribution in [3.05, 3.63) is 72.2 Å². The molecule has 0 aliphatic carbocycles. The van der Waals surface area contributed by atoms with Crippen LogP contribution >= 0.6 is 0 Å². The number of carbonyl (C=O) groups excluding carboxylic acids is 1. The molecule has 0 atom stereocenters. The number of benzene rings is 2. The van der Waals surface area contributed by atoms with Crippen molar-refractivity contribution >= 4 is 34.1 Å². The lowest BCUT2D eigenvalue weighted by atomic mass is 10.2. The van der Waals surface area contributed by atoms with E-state index >= 15 is 0 Å². The molecule has 4 aromatic rings. The third-order valence-corrected chi connectivity index (χ3v) is 5.64. The molecule has 30 heavy (non-hydrogen) atoms. The number of halogens is 1. The maximum atomic E-state index is 13.7. The van der Waals surface area contributed by atoms with Gasteiger partial charge in [-0.1, -0.05) is 18.2 Å². The van der Waals surface area contributed by atoms with Gasteiger partial charge in [0.2, 0.25) is 0 Å². The lowest BCUT2D eigenvalue weighted by Crippen LogP contribution is -2.50. The molecule has 7 heteroatoms. The largest absolute Gasteiger partial charge is 0.351 e. The SMILES string of the molecule is Cc1ccc(NC(=O)N2CCN(c3nc4ccccc4n4cccc34)CC2)cc1F. The van der Waals surface area contributed by atoms with E-state index in [0.29, 0.717) is 37.4 Å². The maximum absolute atomic E-state index is 13.7. The van der Waals surface area contributed by atoms with E-state index in [2.05, 4.69) is 26.8 Å². The molecule has 0 radical (unpaired) electrons. The number of carbonyl (C=O) groups is 1. The molecule has 0 bridgehead atoms. The summed E-state index contributed by atoms with van der Waals surface area (Å²) in [6.07, 6.45) is 2.05. The molecule has 1 N–H and O–H groups in total. The number of aromatic nitrogens is 2. The molecule has 2 aromatic heterocycles. The number of nitrogens with one attached hydrogen (secondary N) is 1. The van der Waals surface area contributed by atoms with E-state index < -0.39 is 0 Å². The predicted octanol–water partition coefficient (Wildman–Crippen LogP) is 4.29. The first kappa shape index (κ1) is 18.4. The molecule has 1 aliphatic rings. The van der Waals surface area contributed by atoms with Gasteiger partial charge in [0.15, 0.2) is 5.82 Å². The fourth-order valence-corrected chi connectivity index (χ4v) is 3.93. The predicted molar refractivity (Wildman–Crippen MR) is 117 cm³/mol.